The summed E-state index contributed by atoms with van der Waals surface area (Å²) >= 11 is 0. The average Bonchev–Trinajstić information content (AvgIpc) is 2.78. The summed E-state index contributed by atoms with van der Waals surface area (Å²) in [5.41, 5.74) is 4.63. The van der Waals surface area contributed by atoms with Crippen LogP contribution in [0.15, 0.2) is 72.8 Å². The summed E-state index contributed by atoms with van der Waals surface area (Å²) in [5.74, 6) is -2.01. The Morgan fingerprint density at radius 2 is 1.38 bits per heavy atom. The number of carboxylic acid groups (broad SMARTS) is 1. The topological polar surface area (TPSA) is 86.3 Å². The van der Waals surface area contributed by atoms with Gasteiger partial charge in [0, 0.05) is 34.2 Å². The van der Waals surface area contributed by atoms with Crippen LogP contribution in [0.4, 0.5) is 5.69 Å². The van der Waals surface area contributed by atoms with Crippen LogP contribution in [-0.4, -0.2) is 17.7 Å². The van der Waals surface area contributed by atoms with Crippen molar-refractivity contribution >= 4 is 34.1 Å². The average molecular weight is 451 g/mol. The third kappa shape index (κ3) is 4.59. The van der Waals surface area contributed by atoms with Gasteiger partial charge in [-0.15, -0.1) is 0 Å². The van der Waals surface area contributed by atoms with Gasteiger partial charge < -0.3 is 15.2 Å². The molecule has 0 unspecified atom stereocenters. The van der Waals surface area contributed by atoms with Gasteiger partial charge in [0.1, 0.15) is 0 Å². The van der Waals surface area contributed by atoms with Gasteiger partial charge in [-0.2, -0.15) is 0 Å². The smallest absolute Gasteiger partial charge is 0.256 e. The minimum Gasteiger partial charge on any atom is -0.545 e. The molecule has 0 radical (unpaired) electrons. The second kappa shape index (κ2) is 9.32. The van der Waals surface area contributed by atoms with Crippen LogP contribution in [0.25, 0.3) is 10.8 Å². The molecule has 5 nitrogen and oxygen atoms in total. The number of carbonyl (C=O) groups excluding carboxylic acids is 3. The second-order valence-corrected chi connectivity index (χ2v) is 8.54. The number of hydrogen-bond acceptors (Lipinski definition) is 4. The van der Waals surface area contributed by atoms with E-state index in [9.17, 15) is 19.5 Å². The molecule has 0 aliphatic heterocycles. The lowest BCUT2D eigenvalue weighted by molar-refractivity contribution is -0.254. The molecule has 0 bridgehead atoms. The maximum absolute atomic E-state index is 13.3. The number of amides is 1. The third-order valence-corrected chi connectivity index (χ3v) is 5.86. The van der Waals surface area contributed by atoms with Crippen molar-refractivity contribution in [3.8, 4) is 0 Å². The molecule has 170 valence electrons. The van der Waals surface area contributed by atoms with Gasteiger partial charge in [-0.1, -0.05) is 54.1 Å². The molecule has 1 amide bonds. The summed E-state index contributed by atoms with van der Waals surface area (Å²) in [6, 6.07) is 21.2. The molecule has 4 aromatic rings. The molecule has 0 heterocycles. The zero-order valence-corrected chi connectivity index (χ0v) is 19.3. The number of hydrogen-bond donors (Lipinski definition) is 1. The monoisotopic (exact) mass is 450 g/mol. The zero-order valence-electron chi connectivity index (χ0n) is 19.3. The molecule has 0 saturated carbocycles. The van der Waals surface area contributed by atoms with E-state index in [2.05, 4.69) is 5.32 Å². The van der Waals surface area contributed by atoms with E-state index in [1.165, 1.54) is 12.1 Å². The molecule has 0 fully saturated rings. The van der Waals surface area contributed by atoms with E-state index in [1.807, 2.05) is 56.3 Å². The SMILES string of the molecule is Cc1cccc(CC(=O)c2ccc(C(=O)Nc3cccc(C)c3)c3c(C)ccc(C(=O)[O-])c23)c1. The number of benzene rings is 4. The molecular weight excluding hydrogens is 426 g/mol. The fraction of sp³-hybridized carbons (Fsp3) is 0.138. The van der Waals surface area contributed by atoms with Crippen molar-refractivity contribution in [1.82, 2.24) is 0 Å². The fourth-order valence-corrected chi connectivity index (χ4v) is 4.28. The highest BCUT2D eigenvalue weighted by Crippen LogP contribution is 2.31. The van der Waals surface area contributed by atoms with Crippen LogP contribution in [0.5, 0.6) is 0 Å². The summed E-state index contributed by atoms with van der Waals surface area (Å²) in [7, 11) is 0. The molecule has 0 spiro atoms. The maximum atomic E-state index is 13.3. The second-order valence-electron chi connectivity index (χ2n) is 8.54. The van der Waals surface area contributed by atoms with E-state index in [4.69, 9.17) is 0 Å². The van der Waals surface area contributed by atoms with Gasteiger partial charge in [0.15, 0.2) is 5.78 Å². The van der Waals surface area contributed by atoms with Gasteiger partial charge in [-0.3, -0.25) is 9.59 Å². The van der Waals surface area contributed by atoms with Crippen LogP contribution in [-0.2, 0) is 6.42 Å². The van der Waals surface area contributed by atoms with E-state index in [1.54, 1.807) is 25.1 Å². The molecule has 0 aliphatic rings. The fourth-order valence-electron chi connectivity index (χ4n) is 4.28. The molecule has 0 aliphatic carbocycles. The van der Waals surface area contributed by atoms with Gasteiger partial charge in [-0.05, 0) is 67.1 Å². The van der Waals surface area contributed by atoms with Crippen LogP contribution in [0.3, 0.4) is 0 Å². The number of Topliss-reactive ketones (excluding diaryl/α,β-unsaturated/α-hetero) is 1. The standard InChI is InChI=1S/C29H25NO4/c1-17-6-4-8-20(14-17)16-25(31)22-12-13-23(28(32)30-21-9-5-7-18(2)15-21)26-19(3)10-11-24(27(22)26)29(33)34/h4-15H,16H2,1-3H3,(H,30,32)(H,33,34)/p-1. The van der Waals surface area contributed by atoms with Crippen molar-refractivity contribution in [3.63, 3.8) is 0 Å². The van der Waals surface area contributed by atoms with Crippen molar-refractivity contribution in [3.05, 3.63) is 112 Å². The van der Waals surface area contributed by atoms with Crippen LogP contribution in [0, 0.1) is 20.8 Å². The molecule has 5 heteroatoms. The Labute approximate surface area is 198 Å². The van der Waals surface area contributed by atoms with E-state index in [0.717, 1.165) is 16.7 Å². The Morgan fingerprint density at radius 1 is 0.735 bits per heavy atom. The molecule has 4 aromatic carbocycles. The molecule has 1 N–H and O–H groups in total. The summed E-state index contributed by atoms with van der Waals surface area (Å²) in [6.07, 6.45) is 0.117. The number of aryl methyl sites for hydroxylation is 3. The molecule has 34 heavy (non-hydrogen) atoms. The first-order chi connectivity index (χ1) is 16.2. The van der Waals surface area contributed by atoms with Crippen LogP contribution in [0.2, 0.25) is 0 Å². The van der Waals surface area contributed by atoms with Crippen LogP contribution >= 0.6 is 0 Å². The molecular formula is C29H24NO4-. The van der Waals surface area contributed by atoms with E-state index < -0.39 is 5.97 Å². The number of carbonyl (C=O) groups is 3. The van der Waals surface area contributed by atoms with Gasteiger partial charge in [-0.25, -0.2) is 0 Å². The predicted octanol–water partition coefficient (Wildman–Crippen LogP) is 4.81. The number of anilines is 1. The third-order valence-electron chi connectivity index (χ3n) is 5.86. The van der Waals surface area contributed by atoms with Crippen molar-refractivity contribution in [2.45, 2.75) is 27.2 Å². The van der Waals surface area contributed by atoms with Gasteiger partial charge in [0.25, 0.3) is 5.91 Å². The Kier molecular flexibility index (Phi) is 6.28. The van der Waals surface area contributed by atoms with Crippen molar-refractivity contribution < 1.29 is 19.5 Å². The van der Waals surface area contributed by atoms with Crippen molar-refractivity contribution in [2.24, 2.45) is 0 Å². The highest BCUT2D eigenvalue weighted by atomic mass is 16.4. The van der Waals surface area contributed by atoms with Crippen LogP contribution < -0.4 is 10.4 Å². The number of ketones is 1. The molecule has 4 rings (SSSR count). The minimum absolute atomic E-state index is 0.113. The number of aromatic carboxylic acids is 1. The number of fused-ring (bicyclic) bond motifs is 1. The summed E-state index contributed by atoms with van der Waals surface area (Å²) < 4.78 is 0. The molecule has 0 saturated heterocycles. The van der Waals surface area contributed by atoms with E-state index in [0.29, 0.717) is 22.2 Å². The lowest BCUT2D eigenvalue weighted by Crippen LogP contribution is -2.24. The highest BCUT2D eigenvalue weighted by Gasteiger charge is 2.21. The van der Waals surface area contributed by atoms with Crippen molar-refractivity contribution in [1.29, 1.82) is 0 Å². The van der Waals surface area contributed by atoms with Crippen LogP contribution in [0.1, 0.15) is 53.3 Å². The van der Waals surface area contributed by atoms with Crippen molar-refractivity contribution in [2.75, 3.05) is 5.32 Å². The first kappa shape index (κ1) is 22.9. The van der Waals surface area contributed by atoms with E-state index in [-0.39, 0.29) is 34.6 Å². The zero-order chi connectivity index (χ0) is 24.4. The summed E-state index contributed by atoms with van der Waals surface area (Å²) in [6.45, 7) is 5.66. The van der Waals surface area contributed by atoms with Gasteiger partial charge >= 0.3 is 0 Å². The predicted molar refractivity (Wildman–Crippen MR) is 131 cm³/mol. The largest absolute Gasteiger partial charge is 0.545 e. The summed E-state index contributed by atoms with van der Waals surface area (Å²) in [4.78, 5) is 38.5. The summed E-state index contributed by atoms with van der Waals surface area (Å²) in [5, 5.41) is 15.5. The Morgan fingerprint density at radius 3 is 2.06 bits per heavy atom. The first-order valence-electron chi connectivity index (χ1n) is 11.0. The number of nitrogens with one attached hydrogen (secondary N) is 1. The lowest BCUT2D eigenvalue weighted by atomic mass is 9.89. The maximum Gasteiger partial charge on any atom is 0.256 e. The van der Waals surface area contributed by atoms with Gasteiger partial charge in [0.2, 0.25) is 0 Å². The molecule has 0 aromatic heterocycles. The Bertz CT molecular complexity index is 1450. The minimum atomic E-state index is -1.40. The highest BCUT2D eigenvalue weighted by molar-refractivity contribution is 6.22. The Hall–Kier alpha value is -4.25. The number of carboxylic acids is 1. The lowest BCUT2D eigenvalue weighted by Gasteiger charge is -2.17. The first-order valence-corrected chi connectivity index (χ1v) is 11.0. The number of rotatable bonds is 6. The normalized spacial score (nSPS) is 10.8. The van der Waals surface area contributed by atoms with Gasteiger partial charge in [0.05, 0.1) is 5.97 Å². The Balaban J connectivity index is 1.85. The quantitative estimate of drug-likeness (QED) is 0.427. The molecule has 0 atom stereocenters. The van der Waals surface area contributed by atoms with E-state index >= 15 is 0 Å².